The molecule has 0 amide bonds. The van der Waals surface area contributed by atoms with E-state index in [1.807, 2.05) is 0 Å². The van der Waals surface area contributed by atoms with E-state index in [1.54, 1.807) is 0 Å². The van der Waals surface area contributed by atoms with Gasteiger partial charge in [-0.05, 0) is 63.5 Å². The summed E-state index contributed by atoms with van der Waals surface area (Å²) < 4.78 is 0. The molecular weight excluding hydrogens is 256 g/mol. The predicted octanol–water partition coefficient (Wildman–Crippen LogP) is 4.29. The van der Waals surface area contributed by atoms with Crippen LogP contribution in [0.15, 0.2) is 18.2 Å². The minimum absolute atomic E-state index is 0.217. The monoisotopic (exact) mass is 288 g/mol. The van der Waals surface area contributed by atoms with E-state index in [0.29, 0.717) is 6.04 Å². The average Bonchev–Trinajstić information content (AvgIpc) is 2.46. The van der Waals surface area contributed by atoms with E-state index >= 15 is 0 Å². The van der Waals surface area contributed by atoms with Gasteiger partial charge in [-0.1, -0.05) is 31.0 Å². The van der Waals surface area contributed by atoms with Crippen molar-refractivity contribution in [2.45, 2.75) is 71.4 Å². The Balaban J connectivity index is 2.13. The first-order chi connectivity index (χ1) is 10.0. The molecule has 1 atom stereocenters. The van der Waals surface area contributed by atoms with Gasteiger partial charge in [-0.3, -0.25) is 0 Å². The van der Waals surface area contributed by atoms with Gasteiger partial charge in [-0.25, -0.2) is 0 Å². The van der Waals surface area contributed by atoms with Crippen LogP contribution in [0.1, 0.15) is 57.1 Å². The van der Waals surface area contributed by atoms with E-state index in [4.69, 9.17) is 5.73 Å². The first kappa shape index (κ1) is 16.4. The van der Waals surface area contributed by atoms with E-state index in [9.17, 15) is 0 Å². The Morgan fingerprint density at radius 1 is 1.24 bits per heavy atom. The first-order valence-electron chi connectivity index (χ1n) is 8.59. The SMILES string of the molecule is CCC1CCC(N(C)c2ccc(C)cc2CC(C)N)CC1. The molecule has 2 nitrogen and oxygen atoms in total. The van der Waals surface area contributed by atoms with E-state index < -0.39 is 0 Å². The predicted molar refractivity (Wildman–Crippen MR) is 93.0 cm³/mol. The molecule has 0 saturated heterocycles. The van der Waals surface area contributed by atoms with Gasteiger partial charge in [0.2, 0.25) is 0 Å². The van der Waals surface area contributed by atoms with Crippen LogP contribution in [0.2, 0.25) is 0 Å². The van der Waals surface area contributed by atoms with Crippen molar-refractivity contribution in [3.05, 3.63) is 29.3 Å². The molecule has 2 heteroatoms. The van der Waals surface area contributed by atoms with Gasteiger partial charge < -0.3 is 10.6 Å². The topological polar surface area (TPSA) is 29.3 Å². The lowest BCUT2D eigenvalue weighted by Gasteiger charge is -2.37. The highest BCUT2D eigenvalue weighted by molar-refractivity contribution is 5.55. The van der Waals surface area contributed by atoms with Crippen LogP contribution in [0.4, 0.5) is 5.69 Å². The molecule has 118 valence electrons. The second-order valence-electron chi connectivity index (χ2n) is 7.01. The first-order valence-corrected chi connectivity index (χ1v) is 8.59. The summed E-state index contributed by atoms with van der Waals surface area (Å²) in [7, 11) is 2.27. The lowest BCUT2D eigenvalue weighted by Crippen LogP contribution is -2.36. The molecule has 1 fully saturated rings. The van der Waals surface area contributed by atoms with Crippen LogP contribution in [0.25, 0.3) is 0 Å². The zero-order valence-electron chi connectivity index (χ0n) is 14.2. The van der Waals surface area contributed by atoms with Crippen LogP contribution in [0, 0.1) is 12.8 Å². The van der Waals surface area contributed by atoms with Crippen molar-refractivity contribution >= 4 is 5.69 Å². The summed E-state index contributed by atoms with van der Waals surface area (Å²) in [6, 6.07) is 7.75. The van der Waals surface area contributed by atoms with E-state index in [-0.39, 0.29) is 6.04 Å². The standard InChI is InChI=1S/C19H32N2/c1-5-16-7-9-18(10-8-16)21(4)19-11-6-14(2)12-17(19)13-15(3)20/h6,11-12,15-16,18H,5,7-10,13,20H2,1-4H3. The fraction of sp³-hybridized carbons (Fsp3) is 0.684. The molecule has 2 rings (SSSR count). The number of hydrogen-bond acceptors (Lipinski definition) is 2. The molecule has 1 aromatic rings. The van der Waals surface area contributed by atoms with Gasteiger partial charge in [-0.2, -0.15) is 0 Å². The Labute approximate surface area is 130 Å². The maximum Gasteiger partial charge on any atom is 0.0399 e. The molecule has 1 aliphatic rings. The molecule has 0 aromatic heterocycles. The van der Waals surface area contributed by atoms with Gasteiger partial charge in [0.1, 0.15) is 0 Å². The third-order valence-corrected chi connectivity index (χ3v) is 5.10. The van der Waals surface area contributed by atoms with Crippen LogP contribution < -0.4 is 10.6 Å². The van der Waals surface area contributed by atoms with Crippen molar-refractivity contribution in [2.24, 2.45) is 11.7 Å². The van der Waals surface area contributed by atoms with Gasteiger partial charge in [-0.15, -0.1) is 0 Å². The molecule has 0 radical (unpaired) electrons. The molecule has 2 N–H and O–H groups in total. The summed E-state index contributed by atoms with van der Waals surface area (Å²) in [5, 5.41) is 0. The Morgan fingerprint density at radius 2 is 1.90 bits per heavy atom. The summed E-state index contributed by atoms with van der Waals surface area (Å²) in [5.41, 5.74) is 10.2. The minimum Gasteiger partial charge on any atom is -0.371 e. The van der Waals surface area contributed by atoms with Crippen molar-refractivity contribution in [3.63, 3.8) is 0 Å². The van der Waals surface area contributed by atoms with E-state index in [2.05, 4.69) is 50.9 Å². The van der Waals surface area contributed by atoms with Crippen LogP contribution >= 0.6 is 0 Å². The number of rotatable bonds is 5. The summed E-state index contributed by atoms with van der Waals surface area (Å²) in [5.74, 6) is 0.955. The lowest BCUT2D eigenvalue weighted by molar-refractivity contribution is 0.313. The quantitative estimate of drug-likeness (QED) is 0.875. The molecule has 0 aliphatic heterocycles. The van der Waals surface area contributed by atoms with Crippen LogP contribution in [-0.2, 0) is 6.42 Å². The van der Waals surface area contributed by atoms with E-state index in [0.717, 1.165) is 12.3 Å². The highest BCUT2D eigenvalue weighted by Gasteiger charge is 2.24. The molecule has 21 heavy (non-hydrogen) atoms. The smallest absolute Gasteiger partial charge is 0.0399 e. The van der Waals surface area contributed by atoms with Gasteiger partial charge in [0.05, 0.1) is 0 Å². The minimum atomic E-state index is 0.217. The van der Waals surface area contributed by atoms with Gasteiger partial charge in [0, 0.05) is 24.8 Å². The van der Waals surface area contributed by atoms with Crippen LogP contribution in [-0.4, -0.2) is 19.1 Å². The fourth-order valence-electron chi connectivity index (χ4n) is 3.71. The summed E-state index contributed by atoms with van der Waals surface area (Å²) in [4.78, 5) is 2.52. The number of hydrogen-bond donors (Lipinski definition) is 1. The normalized spacial score (nSPS) is 23.9. The van der Waals surface area contributed by atoms with Gasteiger partial charge in [0.25, 0.3) is 0 Å². The Morgan fingerprint density at radius 3 is 2.48 bits per heavy atom. The van der Waals surface area contributed by atoms with Crippen LogP contribution in [0.3, 0.4) is 0 Å². The molecule has 0 bridgehead atoms. The highest BCUT2D eigenvalue weighted by atomic mass is 15.1. The summed E-state index contributed by atoms with van der Waals surface area (Å²) in [6.45, 7) is 6.59. The summed E-state index contributed by atoms with van der Waals surface area (Å²) >= 11 is 0. The van der Waals surface area contributed by atoms with Crippen molar-refractivity contribution in [2.75, 3.05) is 11.9 Å². The Hall–Kier alpha value is -1.02. The van der Waals surface area contributed by atoms with Crippen molar-refractivity contribution in [1.29, 1.82) is 0 Å². The number of anilines is 1. The molecule has 0 heterocycles. The number of nitrogens with two attached hydrogens (primary N) is 1. The molecule has 1 saturated carbocycles. The largest absolute Gasteiger partial charge is 0.371 e. The lowest BCUT2D eigenvalue weighted by atomic mass is 9.83. The van der Waals surface area contributed by atoms with Crippen molar-refractivity contribution in [1.82, 2.24) is 0 Å². The van der Waals surface area contributed by atoms with Crippen molar-refractivity contribution in [3.8, 4) is 0 Å². The van der Waals surface area contributed by atoms with Crippen LogP contribution in [0.5, 0.6) is 0 Å². The van der Waals surface area contributed by atoms with Crippen molar-refractivity contribution < 1.29 is 0 Å². The number of benzene rings is 1. The average molecular weight is 288 g/mol. The zero-order valence-corrected chi connectivity index (χ0v) is 14.2. The van der Waals surface area contributed by atoms with E-state index in [1.165, 1.54) is 48.9 Å². The number of nitrogens with zero attached hydrogens (tertiary/aromatic N) is 1. The third-order valence-electron chi connectivity index (χ3n) is 5.10. The second kappa shape index (κ2) is 7.31. The maximum atomic E-state index is 6.04. The summed E-state index contributed by atoms with van der Waals surface area (Å²) in [6.07, 6.45) is 7.75. The molecule has 1 aromatic carbocycles. The Bertz CT molecular complexity index is 445. The molecule has 0 spiro atoms. The maximum absolute atomic E-state index is 6.04. The second-order valence-corrected chi connectivity index (χ2v) is 7.01. The molecular formula is C19H32N2. The molecule has 1 aliphatic carbocycles. The fourth-order valence-corrected chi connectivity index (χ4v) is 3.71. The van der Waals surface area contributed by atoms with Gasteiger partial charge in [0.15, 0.2) is 0 Å². The third kappa shape index (κ3) is 4.23. The van der Waals surface area contributed by atoms with Gasteiger partial charge >= 0.3 is 0 Å². The zero-order chi connectivity index (χ0) is 15.4. The Kier molecular flexibility index (Phi) is 5.69. The molecule has 1 unspecified atom stereocenters. The number of aryl methyl sites for hydroxylation is 1. The highest BCUT2D eigenvalue weighted by Crippen LogP contribution is 2.33.